The van der Waals surface area contributed by atoms with Crippen LogP contribution in [0, 0.1) is 0 Å². The van der Waals surface area contributed by atoms with E-state index in [1.54, 1.807) is 0 Å². The first-order chi connectivity index (χ1) is 26.0. The lowest BCUT2D eigenvalue weighted by Gasteiger charge is -2.18. The maximum absolute atomic E-state index is 12.7. The molecule has 0 aliphatic heterocycles. The molecule has 0 radical (unpaired) electrons. The van der Waals surface area contributed by atoms with Gasteiger partial charge in [0, 0.05) is 19.3 Å². The highest BCUT2D eigenvalue weighted by atomic mass is 16.6. The minimum Gasteiger partial charge on any atom is -0.462 e. The number of carbonyl (C=O) groups excluding carboxylic acids is 3. The minimum atomic E-state index is -0.779. The van der Waals surface area contributed by atoms with Crippen LogP contribution in [-0.2, 0) is 28.6 Å². The molecule has 0 heterocycles. The topological polar surface area (TPSA) is 78.9 Å². The normalized spacial score (nSPS) is 12.0. The number of carbonyl (C=O) groups is 3. The molecule has 0 rings (SSSR count). The smallest absolute Gasteiger partial charge is 0.306 e. The van der Waals surface area contributed by atoms with E-state index in [1.165, 1.54) is 89.9 Å². The largest absolute Gasteiger partial charge is 0.462 e. The van der Waals surface area contributed by atoms with Gasteiger partial charge in [0.2, 0.25) is 0 Å². The summed E-state index contributed by atoms with van der Waals surface area (Å²) in [5.41, 5.74) is 0. The number of esters is 3. The molecule has 0 aliphatic rings. The van der Waals surface area contributed by atoms with E-state index < -0.39 is 6.10 Å². The average molecular weight is 745 g/mol. The van der Waals surface area contributed by atoms with Gasteiger partial charge in [-0.3, -0.25) is 14.4 Å². The summed E-state index contributed by atoms with van der Waals surface area (Å²) in [6, 6.07) is 0. The second kappa shape index (κ2) is 42.4. The van der Waals surface area contributed by atoms with Crippen LogP contribution in [0.4, 0.5) is 0 Å². The van der Waals surface area contributed by atoms with Gasteiger partial charge in [-0.15, -0.1) is 6.58 Å². The molecule has 0 saturated heterocycles. The zero-order valence-corrected chi connectivity index (χ0v) is 34.9. The Labute approximate surface area is 327 Å². The van der Waals surface area contributed by atoms with Crippen LogP contribution in [0.1, 0.15) is 226 Å². The Morgan fingerprint density at radius 2 is 0.774 bits per heavy atom. The molecule has 0 spiro atoms. The quantitative estimate of drug-likeness (QED) is 0.0268. The second-order valence-corrected chi connectivity index (χ2v) is 15.0. The summed E-state index contributed by atoms with van der Waals surface area (Å²) >= 11 is 0. The van der Waals surface area contributed by atoms with Gasteiger partial charge < -0.3 is 14.2 Å². The third kappa shape index (κ3) is 40.6. The van der Waals surface area contributed by atoms with Crippen molar-refractivity contribution in [1.82, 2.24) is 0 Å². The van der Waals surface area contributed by atoms with E-state index >= 15 is 0 Å². The summed E-state index contributed by atoms with van der Waals surface area (Å²) < 4.78 is 16.6. The highest BCUT2D eigenvalue weighted by Gasteiger charge is 2.19. The predicted molar refractivity (Wildman–Crippen MR) is 224 cm³/mol. The van der Waals surface area contributed by atoms with Gasteiger partial charge >= 0.3 is 17.9 Å². The average Bonchev–Trinajstić information content (AvgIpc) is 3.15. The summed E-state index contributed by atoms with van der Waals surface area (Å²) in [6.07, 6.45) is 46.0. The first-order valence-electron chi connectivity index (χ1n) is 22.4. The van der Waals surface area contributed by atoms with Crippen molar-refractivity contribution in [1.29, 1.82) is 0 Å². The van der Waals surface area contributed by atoms with Gasteiger partial charge in [0.25, 0.3) is 0 Å². The van der Waals surface area contributed by atoms with Gasteiger partial charge in [-0.2, -0.15) is 0 Å². The zero-order valence-electron chi connectivity index (χ0n) is 34.9. The van der Waals surface area contributed by atoms with Crippen molar-refractivity contribution in [2.24, 2.45) is 0 Å². The Hall–Kier alpha value is -2.37. The molecule has 0 N–H and O–H groups in total. The maximum Gasteiger partial charge on any atom is 0.306 e. The Morgan fingerprint density at radius 1 is 0.434 bits per heavy atom. The molecule has 0 bridgehead atoms. The summed E-state index contributed by atoms with van der Waals surface area (Å²) in [6.45, 7) is 8.08. The lowest BCUT2D eigenvalue weighted by atomic mass is 10.0. The maximum atomic E-state index is 12.7. The molecule has 0 saturated carbocycles. The molecular formula is C47H84O6. The fourth-order valence-electron chi connectivity index (χ4n) is 6.33. The molecule has 1 atom stereocenters. The van der Waals surface area contributed by atoms with Crippen LogP contribution in [0.25, 0.3) is 0 Å². The highest BCUT2D eigenvalue weighted by Crippen LogP contribution is 2.14. The van der Waals surface area contributed by atoms with Crippen LogP contribution in [0.5, 0.6) is 0 Å². The van der Waals surface area contributed by atoms with E-state index in [-0.39, 0.29) is 31.1 Å². The number of rotatable bonds is 41. The van der Waals surface area contributed by atoms with Gasteiger partial charge in [0.15, 0.2) is 6.10 Å². The van der Waals surface area contributed by atoms with E-state index in [4.69, 9.17) is 14.2 Å². The summed E-state index contributed by atoms with van der Waals surface area (Å²) in [4.78, 5) is 37.6. The fraction of sp³-hybridized carbons (Fsp3) is 0.809. The van der Waals surface area contributed by atoms with Crippen LogP contribution in [0.3, 0.4) is 0 Å². The number of unbranched alkanes of at least 4 members (excludes halogenated alkanes) is 25. The van der Waals surface area contributed by atoms with Crippen LogP contribution >= 0.6 is 0 Å². The molecule has 6 heteroatoms. The molecule has 6 nitrogen and oxygen atoms in total. The SMILES string of the molecule is C=CCCCCCCCC(=O)OCC(COC(=O)CCCCCCCCCCCCCCC)OC(=O)CCCCCCCC=CCC=CCCCCC. The van der Waals surface area contributed by atoms with Crippen LogP contribution in [-0.4, -0.2) is 37.2 Å². The van der Waals surface area contributed by atoms with Gasteiger partial charge in [-0.1, -0.05) is 173 Å². The Kier molecular flexibility index (Phi) is 40.5. The van der Waals surface area contributed by atoms with Crippen molar-refractivity contribution in [2.75, 3.05) is 13.2 Å². The van der Waals surface area contributed by atoms with E-state index in [2.05, 4.69) is 44.7 Å². The van der Waals surface area contributed by atoms with Crippen molar-refractivity contribution in [3.8, 4) is 0 Å². The Morgan fingerprint density at radius 3 is 1.21 bits per heavy atom. The van der Waals surface area contributed by atoms with Crippen LogP contribution < -0.4 is 0 Å². The molecule has 0 aromatic rings. The Balaban J connectivity index is 4.32. The van der Waals surface area contributed by atoms with Gasteiger partial charge in [0.1, 0.15) is 13.2 Å². The molecule has 53 heavy (non-hydrogen) atoms. The van der Waals surface area contributed by atoms with Crippen molar-refractivity contribution >= 4 is 17.9 Å². The lowest BCUT2D eigenvalue weighted by molar-refractivity contribution is -0.167. The molecular weight excluding hydrogens is 661 g/mol. The predicted octanol–water partition coefficient (Wildman–Crippen LogP) is 14.2. The second-order valence-electron chi connectivity index (χ2n) is 15.0. The standard InChI is InChI=1S/C47H84O6/c1-4-7-10-13-16-18-20-22-23-25-27-29-32-35-38-41-47(50)53-44(42-51-45(48)39-36-33-30-15-12-9-6-3)43-52-46(49)40-37-34-31-28-26-24-21-19-17-14-11-8-5-2/h6,16,18,22-23,44H,3-5,7-15,17,19-21,24-43H2,1-2H3. The lowest BCUT2D eigenvalue weighted by Crippen LogP contribution is -2.30. The number of ether oxygens (including phenoxy) is 3. The molecule has 0 aromatic heterocycles. The molecule has 1 unspecified atom stereocenters. The third-order valence-electron chi connectivity index (χ3n) is 9.76. The Bertz CT molecular complexity index is 893. The third-order valence-corrected chi connectivity index (χ3v) is 9.76. The summed E-state index contributed by atoms with van der Waals surface area (Å²) in [5, 5.41) is 0. The van der Waals surface area contributed by atoms with E-state index in [0.29, 0.717) is 19.3 Å². The summed E-state index contributed by atoms with van der Waals surface area (Å²) in [7, 11) is 0. The molecule has 0 aliphatic carbocycles. The van der Waals surface area contributed by atoms with Crippen molar-refractivity contribution in [3.05, 3.63) is 37.0 Å². The van der Waals surface area contributed by atoms with Crippen LogP contribution in [0.15, 0.2) is 37.0 Å². The monoisotopic (exact) mass is 745 g/mol. The zero-order chi connectivity index (χ0) is 38.7. The molecule has 0 fully saturated rings. The van der Waals surface area contributed by atoms with E-state index in [1.807, 2.05) is 6.08 Å². The van der Waals surface area contributed by atoms with Gasteiger partial charge in [0.05, 0.1) is 0 Å². The number of hydrogen-bond donors (Lipinski definition) is 0. The number of allylic oxidation sites excluding steroid dienone is 5. The van der Waals surface area contributed by atoms with Gasteiger partial charge in [-0.25, -0.2) is 0 Å². The van der Waals surface area contributed by atoms with E-state index in [0.717, 1.165) is 103 Å². The minimum absolute atomic E-state index is 0.0816. The van der Waals surface area contributed by atoms with Crippen molar-refractivity contribution < 1.29 is 28.6 Å². The highest BCUT2D eigenvalue weighted by molar-refractivity contribution is 5.71. The van der Waals surface area contributed by atoms with Crippen LogP contribution in [0.2, 0.25) is 0 Å². The van der Waals surface area contributed by atoms with Crippen molar-refractivity contribution in [3.63, 3.8) is 0 Å². The summed E-state index contributed by atoms with van der Waals surface area (Å²) in [5.74, 6) is -0.918. The van der Waals surface area contributed by atoms with Gasteiger partial charge in [-0.05, 0) is 64.2 Å². The van der Waals surface area contributed by atoms with Crippen molar-refractivity contribution in [2.45, 2.75) is 232 Å². The molecule has 0 amide bonds. The first-order valence-corrected chi connectivity index (χ1v) is 22.4. The molecule has 308 valence electrons. The molecule has 0 aromatic carbocycles. The van der Waals surface area contributed by atoms with E-state index in [9.17, 15) is 14.4 Å². The fourth-order valence-corrected chi connectivity index (χ4v) is 6.33. The number of hydrogen-bond acceptors (Lipinski definition) is 6. The first kappa shape index (κ1) is 50.6.